The van der Waals surface area contributed by atoms with Crippen molar-refractivity contribution in [1.29, 1.82) is 0 Å². The minimum Gasteiger partial charge on any atom is -0.170 e. The van der Waals surface area contributed by atoms with Gasteiger partial charge in [-0.3, -0.25) is 0 Å². The molecule has 1 fully saturated rings. The zero-order valence-corrected chi connectivity index (χ0v) is 7.88. The first-order valence-electron chi connectivity index (χ1n) is 4.58. The third kappa shape index (κ3) is 2.06. The van der Waals surface area contributed by atoms with Gasteiger partial charge in [0.1, 0.15) is 0 Å². The predicted octanol–water partition coefficient (Wildman–Crippen LogP) is 4.08. The highest BCUT2D eigenvalue weighted by Gasteiger charge is 2.55. The highest BCUT2D eigenvalue weighted by Crippen LogP contribution is 2.53. The Kier molecular flexibility index (Phi) is 2.74. The highest BCUT2D eigenvalue weighted by atomic mass is 19.4. The Morgan fingerprint density at radius 3 is 2.08 bits per heavy atom. The molecule has 0 radical (unpaired) electrons. The lowest BCUT2D eigenvalue weighted by Gasteiger charge is -2.31. The zero-order valence-electron chi connectivity index (χ0n) is 7.88. The summed E-state index contributed by atoms with van der Waals surface area (Å²) in [4.78, 5) is 0. The molecule has 1 saturated carbocycles. The van der Waals surface area contributed by atoms with Gasteiger partial charge < -0.3 is 0 Å². The van der Waals surface area contributed by atoms with Crippen LogP contribution in [0.25, 0.3) is 0 Å². The summed E-state index contributed by atoms with van der Waals surface area (Å²) in [5.74, 6) is 0. The molecule has 0 aliphatic heterocycles. The number of rotatable bonds is 2. The van der Waals surface area contributed by atoms with Crippen molar-refractivity contribution in [2.75, 3.05) is 0 Å². The molecule has 0 saturated heterocycles. The number of hydrogen-bond donors (Lipinski definition) is 0. The van der Waals surface area contributed by atoms with Gasteiger partial charge >= 0.3 is 6.18 Å². The monoisotopic (exact) mass is 192 g/mol. The van der Waals surface area contributed by atoms with Crippen LogP contribution in [0, 0.1) is 5.41 Å². The van der Waals surface area contributed by atoms with E-state index in [1.807, 2.05) is 0 Å². The van der Waals surface area contributed by atoms with E-state index in [2.05, 4.69) is 6.58 Å². The molecule has 0 heterocycles. The molecule has 0 nitrogen and oxygen atoms in total. The third-order valence-electron chi connectivity index (χ3n) is 2.80. The van der Waals surface area contributed by atoms with E-state index in [0.717, 1.165) is 0 Å². The van der Waals surface area contributed by atoms with Gasteiger partial charge in [-0.1, -0.05) is 18.4 Å². The summed E-state index contributed by atoms with van der Waals surface area (Å²) in [6.07, 6.45) is -1.98. The van der Waals surface area contributed by atoms with E-state index >= 15 is 0 Å². The maximum Gasteiger partial charge on any atom is 0.394 e. The fraction of sp³-hybridized carbons (Fsp3) is 0.800. The van der Waals surface area contributed by atoms with Crippen molar-refractivity contribution in [3.05, 3.63) is 12.2 Å². The SMILES string of the molecule is C=C(C)CC1(C(F)(F)F)CCCC1. The molecule has 0 unspecified atom stereocenters. The normalized spacial score (nSPS) is 21.8. The Balaban J connectivity index is 2.81. The van der Waals surface area contributed by atoms with Crippen LogP contribution >= 0.6 is 0 Å². The molecule has 0 spiro atoms. The van der Waals surface area contributed by atoms with Crippen LogP contribution in [0.15, 0.2) is 12.2 Å². The summed E-state index contributed by atoms with van der Waals surface area (Å²) in [7, 11) is 0. The van der Waals surface area contributed by atoms with Crippen molar-refractivity contribution >= 4 is 0 Å². The summed E-state index contributed by atoms with van der Waals surface area (Å²) in [6.45, 7) is 5.25. The second-order valence-electron chi connectivity index (χ2n) is 4.12. The summed E-state index contributed by atoms with van der Waals surface area (Å²) in [5.41, 5.74) is -0.807. The highest BCUT2D eigenvalue weighted by molar-refractivity contribution is 5.02. The molecule has 0 aromatic heterocycles. The Bertz CT molecular complexity index is 197. The van der Waals surface area contributed by atoms with Gasteiger partial charge in [0.2, 0.25) is 0 Å². The molecule has 76 valence electrons. The van der Waals surface area contributed by atoms with Crippen molar-refractivity contribution in [3.8, 4) is 0 Å². The lowest BCUT2D eigenvalue weighted by molar-refractivity contribution is -0.221. The van der Waals surface area contributed by atoms with E-state index in [9.17, 15) is 13.2 Å². The summed E-state index contributed by atoms with van der Waals surface area (Å²) >= 11 is 0. The van der Waals surface area contributed by atoms with Gasteiger partial charge in [-0.2, -0.15) is 13.2 Å². The van der Waals surface area contributed by atoms with Crippen LogP contribution in [-0.2, 0) is 0 Å². The molecule has 1 aliphatic carbocycles. The standard InChI is InChI=1S/C10H15F3/c1-8(2)7-9(10(11,12)13)5-3-4-6-9/h1,3-7H2,2H3. The van der Waals surface area contributed by atoms with Crippen molar-refractivity contribution in [2.24, 2.45) is 5.41 Å². The number of hydrogen-bond acceptors (Lipinski definition) is 0. The number of allylic oxidation sites excluding steroid dienone is 1. The first-order chi connectivity index (χ1) is 5.87. The molecule has 1 rings (SSSR count). The molecular formula is C10H15F3. The van der Waals surface area contributed by atoms with E-state index in [1.165, 1.54) is 0 Å². The second-order valence-corrected chi connectivity index (χ2v) is 4.12. The van der Waals surface area contributed by atoms with E-state index in [0.29, 0.717) is 18.4 Å². The fourth-order valence-electron chi connectivity index (χ4n) is 2.19. The number of halogens is 3. The molecule has 1 aliphatic rings. The van der Waals surface area contributed by atoms with Crippen molar-refractivity contribution in [2.45, 2.75) is 45.2 Å². The topological polar surface area (TPSA) is 0 Å². The summed E-state index contributed by atoms with van der Waals surface area (Å²) in [6, 6.07) is 0. The average molecular weight is 192 g/mol. The zero-order chi connectivity index (χ0) is 10.1. The van der Waals surface area contributed by atoms with Crippen LogP contribution in [0.5, 0.6) is 0 Å². The number of alkyl halides is 3. The molecule has 0 aromatic carbocycles. The van der Waals surface area contributed by atoms with Crippen LogP contribution < -0.4 is 0 Å². The Morgan fingerprint density at radius 2 is 1.77 bits per heavy atom. The average Bonchev–Trinajstić information content (AvgIpc) is 2.33. The summed E-state index contributed by atoms with van der Waals surface area (Å²) in [5, 5.41) is 0. The lowest BCUT2D eigenvalue weighted by atomic mass is 9.80. The maximum atomic E-state index is 12.7. The van der Waals surface area contributed by atoms with Crippen molar-refractivity contribution in [1.82, 2.24) is 0 Å². The van der Waals surface area contributed by atoms with Gasteiger partial charge in [0.05, 0.1) is 5.41 Å². The quantitative estimate of drug-likeness (QED) is 0.578. The molecule has 0 bridgehead atoms. The van der Waals surface area contributed by atoms with Crippen molar-refractivity contribution in [3.63, 3.8) is 0 Å². The van der Waals surface area contributed by atoms with Crippen LogP contribution in [-0.4, -0.2) is 6.18 Å². The van der Waals surface area contributed by atoms with Gasteiger partial charge in [-0.15, -0.1) is 6.58 Å². The molecule has 0 aromatic rings. The van der Waals surface area contributed by atoms with Gasteiger partial charge in [0.25, 0.3) is 0 Å². The van der Waals surface area contributed by atoms with Crippen LogP contribution in [0.4, 0.5) is 13.2 Å². The molecule has 0 N–H and O–H groups in total. The second kappa shape index (κ2) is 3.35. The fourth-order valence-corrected chi connectivity index (χ4v) is 2.19. The van der Waals surface area contributed by atoms with E-state index in [-0.39, 0.29) is 19.3 Å². The molecule has 3 heteroatoms. The molecular weight excluding hydrogens is 177 g/mol. The Labute approximate surface area is 76.8 Å². The van der Waals surface area contributed by atoms with Gasteiger partial charge in [0, 0.05) is 0 Å². The predicted molar refractivity (Wildman–Crippen MR) is 46.4 cm³/mol. The Hall–Kier alpha value is -0.470. The van der Waals surface area contributed by atoms with E-state index < -0.39 is 11.6 Å². The van der Waals surface area contributed by atoms with Crippen LogP contribution in [0.3, 0.4) is 0 Å². The smallest absolute Gasteiger partial charge is 0.170 e. The van der Waals surface area contributed by atoms with Crippen LogP contribution in [0.1, 0.15) is 39.0 Å². The maximum absolute atomic E-state index is 12.7. The first kappa shape index (κ1) is 10.6. The van der Waals surface area contributed by atoms with Crippen molar-refractivity contribution < 1.29 is 13.2 Å². The van der Waals surface area contributed by atoms with E-state index in [1.54, 1.807) is 6.92 Å². The molecule has 0 atom stereocenters. The molecule has 0 amide bonds. The lowest BCUT2D eigenvalue weighted by Crippen LogP contribution is -2.35. The molecule has 13 heavy (non-hydrogen) atoms. The van der Waals surface area contributed by atoms with Gasteiger partial charge in [-0.25, -0.2) is 0 Å². The first-order valence-corrected chi connectivity index (χ1v) is 4.58. The minimum absolute atomic E-state index is 0.108. The van der Waals surface area contributed by atoms with Gasteiger partial charge in [0.15, 0.2) is 0 Å². The third-order valence-corrected chi connectivity index (χ3v) is 2.80. The van der Waals surface area contributed by atoms with Crippen LogP contribution in [0.2, 0.25) is 0 Å². The summed E-state index contributed by atoms with van der Waals surface area (Å²) < 4.78 is 38.2. The largest absolute Gasteiger partial charge is 0.394 e. The van der Waals surface area contributed by atoms with Gasteiger partial charge in [-0.05, 0) is 26.2 Å². The van der Waals surface area contributed by atoms with E-state index in [4.69, 9.17) is 0 Å². The minimum atomic E-state index is -4.05. The Morgan fingerprint density at radius 1 is 1.31 bits per heavy atom.